The Hall–Kier alpha value is -2.42. The van der Waals surface area contributed by atoms with Crippen molar-refractivity contribution >= 4 is 28.8 Å². The summed E-state index contributed by atoms with van der Waals surface area (Å²) in [6, 6.07) is 6.62. The molecule has 210 valence electrons. The predicted octanol–water partition coefficient (Wildman–Crippen LogP) is 6.20. The van der Waals surface area contributed by atoms with E-state index in [1.807, 2.05) is 42.8 Å². The highest BCUT2D eigenvalue weighted by atomic mass is 32.2. The first kappa shape index (κ1) is 28.1. The Labute approximate surface area is 236 Å². The number of benzene rings is 1. The van der Waals surface area contributed by atoms with Gasteiger partial charge in [-0.1, -0.05) is 11.9 Å². The lowest BCUT2D eigenvalue weighted by atomic mass is 9.88. The van der Waals surface area contributed by atoms with Crippen molar-refractivity contribution < 1.29 is 9.18 Å². The number of likely N-dealkylation sites (tertiary alicyclic amines) is 1. The Kier molecular flexibility index (Phi) is 8.94. The van der Waals surface area contributed by atoms with Crippen LogP contribution in [0.2, 0.25) is 0 Å². The number of nitrogens with zero attached hydrogens (tertiary/aromatic N) is 5. The van der Waals surface area contributed by atoms with E-state index in [4.69, 9.17) is 0 Å². The third kappa shape index (κ3) is 6.18. The zero-order chi connectivity index (χ0) is 27.5. The van der Waals surface area contributed by atoms with Gasteiger partial charge in [0.05, 0.1) is 23.0 Å². The highest BCUT2D eigenvalue weighted by Gasteiger charge is 2.27. The largest absolute Gasteiger partial charge is 0.339 e. The van der Waals surface area contributed by atoms with Crippen LogP contribution in [0.15, 0.2) is 42.9 Å². The second-order valence-corrected chi connectivity index (χ2v) is 12.4. The number of fused-ring (bicyclic) bond motifs is 1. The molecule has 2 fully saturated rings. The van der Waals surface area contributed by atoms with Crippen LogP contribution in [-0.4, -0.2) is 81.6 Å². The van der Waals surface area contributed by atoms with E-state index in [1.54, 1.807) is 18.0 Å². The van der Waals surface area contributed by atoms with E-state index in [0.717, 1.165) is 37.4 Å². The fourth-order valence-corrected chi connectivity index (χ4v) is 6.73. The van der Waals surface area contributed by atoms with Crippen molar-refractivity contribution in [2.75, 3.05) is 46.0 Å². The average Bonchev–Trinajstić information content (AvgIpc) is 3.35. The molecule has 6 nitrogen and oxygen atoms in total. The summed E-state index contributed by atoms with van der Waals surface area (Å²) in [5, 5.41) is 1.17. The number of piperidine rings is 2. The average molecular weight is 552 g/mol. The zero-order valence-electron chi connectivity index (χ0n) is 23.8. The maximum absolute atomic E-state index is 14.3. The molecule has 0 atom stereocenters. The van der Waals surface area contributed by atoms with E-state index in [-0.39, 0.29) is 11.9 Å². The van der Waals surface area contributed by atoms with Gasteiger partial charge < -0.3 is 14.4 Å². The third-order valence-electron chi connectivity index (χ3n) is 8.89. The van der Waals surface area contributed by atoms with Gasteiger partial charge in [-0.3, -0.25) is 14.1 Å². The molecule has 4 heterocycles. The van der Waals surface area contributed by atoms with Gasteiger partial charge in [-0.25, -0.2) is 4.39 Å². The summed E-state index contributed by atoms with van der Waals surface area (Å²) in [5.74, 6) is 0.726. The molecule has 0 bridgehead atoms. The first-order valence-corrected chi connectivity index (χ1v) is 15.6. The Balaban J connectivity index is 1.33. The summed E-state index contributed by atoms with van der Waals surface area (Å²) in [4.78, 5) is 22.0. The molecule has 5 rings (SSSR count). The number of aromatic nitrogens is 2. The first-order chi connectivity index (χ1) is 18.9. The fourth-order valence-electron chi connectivity index (χ4n) is 6.15. The van der Waals surface area contributed by atoms with Crippen LogP contribution < -0.4 is 0 Å². The second kappa shape index (κ2) is 12.4. The van der Waals surface area contributed by atoms with Crippen molar-refractivity contribution in [2.24, 2.45) is 5.92 Å². The summed E-state index contributed by atoms with van der Waals surface area (Å²) < 4.78 is 18.9. The van der Waals surface area contributed by atoms with Gasteiger partial charge in [0, 0.05) is 44.0 Å². The molecule has 0 spiro atoms. The Morgan fingerprint density at radius 3 is 2.56 bits per heavy atom. The third-order valence-corrected chi connectivity index (χ3v) is 9.78. The maximum atomic E-state index is 14.3. The molecule has 0 aliphatic carbocycles. The van der Waals surface area contributed by atoms with Crippen LogP contribution in [0.25, 0.3) is 16.6 Å². The van der Waals surface area contributed by atoms with Gasteiger partial charge in [-0.15, -0.1) is 0 Å². The SMILES string of the molecule is CSN1CCC(CCN2CCC(c3cn(-c4ccc(F)cc4C(=O)N(C)C(C)C)c4cnccc34)CC2)CC1. The van der Waals surface area contributed by atoms with E-state index < -0.39 is 5.82 Å². The lowest BCUT2D eigenvalue weighted by Gasteiger charge is -2.34. The van der Waals surface area contributed by atoms with Crippen molar-refractivity contribution in [3.63, 3.8) is 0 Å². The van der Waals surface area contributed by atoms with Crippen molar-refractivity contribution in [2.45, 2.75) is 57.9 Å². The van der Waals surface area contributed by atoms with Gasteiger partial charge in [0.1, 0.15) is 5.82 Å². The molecule has 0 unspecified atom stereocenters. The monoisotopic (exact) mass is 551 g/mol. The maximum Gasteiger partial charge on any atom is 0.256 e. The van der Waals surface area contributed by atoms with Gasteiger partial charge in [0.25, 0.3) is 5.91 Å². The minimum Gasteiger partial charge on any atom is -0.339 e. The molecule has 2 aliphatic heterocycles. The van der Waals surface area contributed by atoms with Gasteiger partial charge in [-0.05, 0) is 114 Å². The number of amides is 1. The quantitative estimate of drug-likeness (QED) is 0.312. The van der Waals surface area contributed by atoms with Crippen LogP contribution in [0, 0.1) is 11.7 Å². The molecule has 0 N–H and O–H groups in total. The Morgan fingerprint density at radius 1 is 1.13 bits per heavy atom. The summed E-state index contributed by atoms with van der Waals surface area (Å²) in [6.45, 7) is 9.81. The fraction of sp³-hybridized carbons (Fsp3) is 0.548. The molecular formula is C31H42FN5OS. The van der Waals surface area contributed by atoms with Crippen molar-refractivity contribution in [3.8, 4) is 5.69 Å². The molecule has 0 radical (unpaired) electrons. The smallest absolute Gasteiger partial charge is 0.256 e. The van der Waals surface area contributed by atoms with Crippen molar-refractivity contribution in [1.29, 1.82) is 0 Å². The number of hydrogen-bond acceptors (Lipinski definition) is 5. The topological polar surface area (TPSA) is 44.6 Å². The molecule has 1 amide bonds. The van der Waals surface area contributed by atoms with Crippen molar-refractivity contribution in [1.82, 2.24) is 23.7 Å². The summed E-state index contributed by atoms with van der Waals surface area (Å²) >= 11 is 1.88. The zero-order valence-corrected chi connectivity index (χ0v) is 24.6. The molecule has 0 saturated carbocycles. The standard InChI is InChI=1S/C31H42FN5OS/c1-22(2)34(3)31(38)27-19-25(32)5-6-29(27)37-21-28(26-7-13-33-20-30(26)37)24-11-15-35(16-12-24)14-8-23-9-17-36(39-4)18-10-23/h5-7,13,19-24H,8-12,14-18H2,1-4H3. The number of carbonyl (C=O) groups excluding carboxylic acids is 1. The normalized spacial score (nSPS) is 18.3. The minimum atomic E-state index is -0.406. The molecule has 3 aromatic rings. The van der Waals surface area contributed by atoms with Crippen LogP contribution in [0.5, 0.6) is 0 Å². The van der Waals surface area contributed by atoms with Gasteiger partial charge in [-0.2, -0.15) is 0 Å². The van der Waals surface area contributed by atoms with Gasteiger partial charge in [0.15, 0.2) is 0 Å². The van der Waals surface area contributed by atoms with Crippen molar-refractivity contribution in [3.05, 3.63) is 59.8 Å². The van der Waals surface area contributed by atoms with Crippen LogP contribution >= 0.6 is 11.9 Å². The van der Waals surface area contributed by atoms with E-state index in [2.05, 4.69) is 32.7 Å². The molecule has 2 aromatic heterocycles. The number of carbonyl (C=O) groups is 1. The molecular weight excluding hydrogens is 509 g/mol. The highest BCUT2D eigenvalue weighted by molar-refractivity contribution is 7.96. The van der Waals surface area contributed by atoms with E-state index in [1.165, 1.54) is 62.0 Å². The molecule has 2 aliphatic rings. The van der Waals surface area contributed by atoms with Crippen LogP contribution in [-0.2, 0) is 0 Å². The van der Waals surface area contributed by atoms with Gasteiger partial charge in [0.2, 0.25) is 0 Å². The number of pyridine rings is 1. The molecule has 1 aromatic carbocycles. The number of hydrogen-bond donors (Lipinski definition) is 0. The molecule has 2 saturated heterocycles. The molecule has 8 heteroatoms. The predicted molar refractivity (Wildman–Crippen MR) is 159 cm³/mol. The van der Waals surface area contributed by atoms with Gasteiger partial charge >= 0.3 is 0 Å². The Bertz CT molecular complexity index is 1280. The number of rotatable bonds is 8. The lowest BCUT2D eigenvalue weighted by Crippen LogP contribution is -2.36. The minimum absolute atomic E-state index is 0.0144. The second-order valence-electron chi connectivity index (χ2n) is 11.5. The van der Waals surface area contributed by atoms with E-state index in [0.29, 0.717) is 17.2 Å². The number of halogens is 1. The Morgan fingerprint density at radius 2 is 1.87 bits per heavy atom. The van der Waals surface area contributed by atoms with Crippen LogP contribution in [0.3, 0.4) is 0 Å². The van der Waals surface area contributed by atoms with Crippen LogP contribution in [0.4, 0.5) is 4.39 Å². The summed E-state index contributed by atoms with van der Waals surface area (Å²) in [6.07, 6.45) is 14.3. The van der Waals surface area contributed by atoms with Crippen LogP contribution in [0.1, 0.15) is 67.8 Å². The summed E-state index contributed by atoms with van der Waals surface area (Å²) in [5.41, 5.74) is 3.33. The highest BCUT2D eigenvalue weighted by Crippen LogP contribution is 2.36. The van der Waals surface area contributed by atoms with E-state index in [9.17, 15) is 9.18 Å². The summed E-state index contributed by atoms with van der Waals surface area (Å²) in [7, 11) is 1.77. The lowest BCUT2D eigenvalue weighted by molar-refractivity contribution is 0.0754. The molecule has 39 heavy (non-hydrogen) atoms. The first-order valence-electron chi connectivity index (χ1n) is 14.4. The van der Waals surface area contributed by atoms with E-state index >= 15 is 0 Å².